The number of thiol groups is 1. The molecule has 138 valence electrons. The summed E-state index contributed by atoms with van der Waals surface area (Å²) in [5.74, 6) is 0.0377. The summed E-state index contributed by atoms with van der Waals surface area (Å²) in [4.78, 5) is 10.4. The second-order valence-corrected chi connectivity index (χ2v) is 7.60. The molecular formula is C15H11ClF3NO4PS+. The lowest BCUT2D eigenvalue weighted by atomic mass is 10.1. The van der Waals surface area contributed by atoms with Gasteiger partial charge in [0.05, 0.1) is 15.5 Å². The number of nitro groups is 1. The number of nitrogens with zero attached hydrogens (tertiary/aromatic N) is 1. The fraction of sp³-hybridized carbons (Fsp3) is 0.200. The first kappa shape index (κ1) is 20.5. The van der Waals surface area contributed by atoms with Crippen molar-refractivity contribution in [3.05, 3.63) is 56.6 Å². The molecule has 5 nitrogen and oxygen atoms in total. The molecule has 1 atom stereocenters. The predicted molar refractivity (Wildman–Crippen MR) is 95.2 cm³/mol. The molecule has 1 unspecified atom stereocenters. The zero-order valence-corrected chi connectivity index (χ0v) is 15.6. The molecule has 0 aliphatic rings. The Labute approximate surface area is 157 Å². The number of rotatable bonds is 5. The van der Waals surface area contributed by atoms with Crippen LogP contribution in [-0.4, -0.2) is 4.92 Å². The van der Waals surface area contributed by atoms with E-state index in [4.69, 9.17) is 16.3 Å². The highest BCUT2D eigenvalue weighted by molar-refractivity contribution is 8.43. The molecule has 0 fully saturated rings. The summed E-state index contributed by atoms with van der Waals surface area (Å²) in [6.45, 7) is 1.71. The lowest BCUT2D eigenvalue weighted by Gasteiger charge is -2.13. The highest BCUT2D eigenvalue weighted by atomic mass is 35.5. The molecule has 0 N–H and O–H groups in total. The maximum Gasteiger partial charge on any atom is 0.453 e. The summed E-state index contributed by atoms with van der Waals surface area (Å²) < 4.78 is 55.3. The van der Waals surface area contributed by atoms with Gasteiger partial charge in [0.25, 0.3) is 5.30 Å². The molecule has 2 aromatic rings. The third kappa shape index (κ3) is 4.47. The summed E-state index contributed by atoms with van der Waals surface area (Å²) in [5.41, 5.74) is -0.904. The van der Waals surface area contributed by atoms with Crippen LogP contribution in [0, 0.1) is 10.1 Å². The van der Waals surface area contributed by atoms with E-state index in [0.717, 1.165) is 12.1 Å². The average Bonchev–Trinajstić information content (AvgIpc) is 2.54. The third-order valence-electron chi connectivity index (χ3n) is 3.42. The van der Waals surface area contributed by atoms with Crippen LogP contribution in [0.15, 0.2) is 30.3 Å². The Hall–Kier alpha value is -1.83. The van der Waals surface area contributed by atoms with Gasteiger partial charge in [-0.05, 0) is 24.6 Å². The van der Waals surface area contributed by atoms with Gasteiger partial charge >= 0.3 is 18.9 Å². The number of alkyl halides is 3. The van der Waals surface area contributed by atoms with E-state index in [9.17, 15) is 27.9 Å². The molecule has 26 heavy (non-hydrogen) atoms. The summed E-state index contributed by atoms with van der Waals surface area (Å²) in [7, 11) is -2.34. The molecule has 11 heteroatoms. The summed E-state index contributed by atoms with van der Waals surface area (Å²) in [6, 6.07) is 4.96. The summed E-state index contributed by atoms with van der Waals surface area (Å²) in [6.07, 6.45) is -4.22. The Morgan fingerprint density at radius 3 is 2.38 bits per heavy atom. The minimum absolute atomic E-state index is 0.0661. The highest BCUT2D eigenvalue weighted by Gasteiger charge is 2.32. The van der Waals surface area contributed by atoms with E-state index in [-0.39, 0.29) is 27.5 Å². The summed E-state index contributed by atoms with van der Waals surface area (Å²) in [5, 5.41) is 10.7. The van der Waals surface area contributed by atoms with Crippen LogP contribution in [0.4, 0.5) is 18.9 Å². The van der Waals surface area contributed by atoms with Crippen LogP contribution in [0.3, 0.4) is 0 Å². The Balaban J connectivity index is 2.51. The second-order valence-electron chi connectivity index (χ2n) is 5.08. The van der Waals surface area contributed by atoms with E-state index in [2.05, 4.69) is 12.2 Å². The Kier molecular flexibility index (Phi) is 6.16. The highest BCUT2D eigenvalue weighted by Crippen LogP contribution is 2.39. The van der Waals surface area contributed by atoms with Crippen LogP contribution >= 0.6 is 30.9 Å². The number of aryl methyl sites for hydroxylation is 1. The molecule has 2 rings (SSSR count). The van der Waals surface area contributed by atoms with E-state index >= 15 is 0 Å². The topological polar surface area (TPSA) is 69.4 Å². The van der Waals surface area contributed by atoms with Gasteiger partial charge in [0.2, 0.25) is 0 Å². The van der Waals surface area contributed by atoms with Gasteiger partial charge in [0.1, 0.15) is 23.7 Å². The molecule has 0 heterocycles. The lowest BCUT2D eigenvalue weighted by molar-refractivity contribution is -0.383. The van der Waals surface area contributed by atoms with Crippen molar-refractivity contribution >= 4 is 41.8 Å². The normalized spacial score (nSPS) is 12.0. The van der Waals surface area contributed by atoms with Gasteiger partial charge < -0.3 is 4.74 Å². The molecule has 0 amide bonds. The van der Waals surface area contributed by atoms with E-state index in [1.54, 1.807) is 6.92 Å². The number of hydrogen-bond acceptors (Lipinski definition) is 4. The first-order valence-corrected chi connectivity index (χ1v) is 9.85. The van der Waals surface area contributed by atoms with Crippen LogP contribution in [0.1, 0.15) is 18.1 Å². The number of halogens is 4. The molecule has 0 saturated heterocycles. The van der Waals surface area contributed by atoms with Crippen molar-refractivity contribution in [2.45, 2.75) is 19.5 Å². The van der Waals surface area contributed by atoms with E-state index in [1.807, 2.05) is 0 Å². The molecule has 2 aromatic carbocycles. The zero-order chi connectivity index (χ0) is 19.6. The molecule has 0 radical (unpaired) electrons. The standard InChI is InChI=1S/C15H10ClF3NO4PS/c1-2-8-5-11(20(21)22)14(25(23)26)7-13(8)24-12-4-3-9(6-10(12)16)15(17,18)19/h3-7H,2H2,1H3/p+1. The van der Waals surface area contributed by atoms with E-state index in [1.165, 1.54) is 12.1 Å². The second kappa shape index (κ2) is 7.82. The third-order valence-corrected chi connectivity index (χ3v) is 5.13. The van der Waals surface area contributed by atoms with Gasteiger partial charge in [-0.3, -0.25) is 10.1 Å². The molecular weight excluding hydrogens is 414 g/mol. The lowest BCUT2D eigenvalue weighted by Crippen LogP contribution is -2.07. The van der Waals surface area contributed by atoms with Crippen molar-refractivity contribution < 1.29 is 27.4 Å². The molecule has 0 spiro atoms. The largest absolute Gasteiger partial charge is 0.455 e. The van der Waals surface area contributed by atoms with Gasteiger partial charge in [0, 0.05) is 17.7 Å². The van der Waals surface area contributed by atoms with Crippen molar-refractivity contribution in [2.24, 2.45) is 0 Å². The van der Waals surface area contributed by atoms with Crippen molar-refractivity contribution in [3.8, 4) is 11.5 Å². The molecule has 0 aromatic heterocycles. The maximum atomic E-state index is 12.7. The number of nitro benzene ring substituents is 1. The fourth-order valence-corrected chi connectivity index (χ4v) is 3.42. The Morgan fingerprint density at radius 1 is 1.27 bits per heavy atom. The quantitative estimate of drug-likeness (QED) is 0.280. The first-order valence-electron chi connectivity index (χ1n) is 7.06. The molecule has 0 aliphatic heterocycles. The number of benzene rings is 2. The van der Waals surface area contributed by atoms with Crippen LogP contribution in [-0.2, 0) is 17.2 Å². The van der Waals surface area contributed by atoms with Crippen molar-refractivity contribution in [2.75, 3.05) is 0 Å². The minimum atomic E-state index is -4.55. The van der Waals surface area contributed by atoms with Crippen molar-refractivity contribution in [1.82, 2.24) is 0 Å². The SMILES string of the molecule is CCc1cc([N+](=O)[O-])c([P+](=O)S)cc1Oc1ccc(C(F)(F)F)cc1Cl. The zero-order valence-electron chi connectivity index (χ0n) is 13.1. The van der Waals surface area contributed by atoms with Crippen LogP contribution in [0.25, 0.3) is 0 Å². The van der Waals surface area contributed by atoms with E-state index in [0.29, 0.717) is 18.1 Å². The van der Waals surface area contributed by atoms with Gasteiger partial charge in [0.15, 0.2) is 0 Å². The van der Waals surface area contributed by atoms with E-state index < -0.39 is 23.7 Å². The molecule has 0 saturated carbocycles. The van der Waals surface area contributed by atoms with Crippen molar-refractivity contribution in [1.29, 1.82) is 0 Å². The first-order chi connectivity index (χ1) is 12.0. The van der Waals surface area contributed by atoms with Gasteiger partial charge in [-0.2, -0.15) is 13.2 Å². The van der Waals surface area contributed by atoms with Gasteiger partial charge in [-0.1, -0.05) is 23.1 Å². The molecule has 0 bridgehead atoms. The van der Waals surface area contributed by atoms with Crippen LogP contribution in [0.2, 0.25) is 5.02 Å². The minimum Gasteiger partial charge on any atom is -0.455 e. The van der Waals surface area contributed by atoms with Gasteiger partial charge in [-0.15, -0.1) is 0 Å². The Morgan fingerprint density at radius 2 is 1.92 bits per heavy atom. The average molecular weight is 425 g/mol. The Bertz CT molecular complexity index is 892. The summed E-state index contributed by atoms with van der Waals surface area (Å²) >= 11 is 9.61. The van der Waals surface area contributed by atoms with Crippen LogP contribution in [0.5, 0.6) is 11.5 Å². The van der Waals surface area contributed by atoms with Crippen LogP contribution < -0.4 is 10.0 Å². The number of hydrogen-bond donors (Lipinski definition) is 1. The maximum absolute atomic E-state index is 12.7. The smallest absolute Gasteiger partial charge is 0.453 e. The fourth-order valence-electron chi connectivity index (χ4n) is 2.15. The molecule has 0 aliphatic carbocycles. The van der Waals surface area contributed by atoms with Crippen molar-refractivity contribution in [3.63, 3.8) is 0 Å². The van der Waals surface area contributed by atoms with Gasteiger partial charge in [-0.25, -0.2) is 0 Å². The monoisotopic (exact) mass is 424 g/mol. The number of ether oxygens (including phenoxy) is 1. The predicted octanol–water partition coefficient (Wildman–Crippen LogP) is 5.92.